The molecule has 3 aromatic rings. The Morgan fingerprint density at radius 1 is 1.05 bits per heavy atom. The van der Waals surface area contributed by atoms with Gasteiger partial charge in [-0.3, -0.25) is 0 Å². The van der Waals surface area contributed by atoms with E-state index in [0.717, 1.165) is 11.3 Å². The molecule has 0 bridgehead atoms. The number of aromatic nitrogens is 4. The van der Waals surface area contributed by atoms with Gasteiger partial charge in [0.1, 0.15) is 5.82 Å². The number of benzene rings is 1. The number of hydrogen-bond acceptors (Lipinski definition) is 6. The topological polar surface area (TPSA) is 63.6 Å². The molecule has 2 aromatic heterocycles. The van der Waals surface area contributed by atoms with E-state index in [4.69, 9.17) is 0 Å². The van der Waals surface area contributed by atoms with Crippen molar-refractivity contribution in [1.82, 2.24) is 20.2 Å². The lowest BCUT2D eigenvalue weighted by atomic mass is 10.3. The van der Waals surface area contributed by atoms with Crippen LogP contribution in [0.15, 0.2) is 36.7 Å². The van der Waals surface area contributed by atoms with E-state index in [2.05, 4.69) is 25.5 Å². The molecular formula is C13H8F3N5S. The van der Waals surface area contributed by atoms with Crippen molar-refractivity contribution < 1.29 is 13.2 Å². The second kappa shape index (κ2) is 6.06. The third kappa shape index (κ3) is 3.03. The molecule has 0 saturated carbocycles. The van der Waals surface area contributed by atoms with Gasteiger partial charge in [-0.25, -0.2) is 23.1 Å². The number of nitrogens with zero attached hydrogens (tertiary/aromatic N) is 4. The second-order valence-corrected chi connectivity index (χ2v) is 5.16. The summed E-state index contributed by atoms with van der Waals surface area (Å²) in [6.45, 7) is 0. The Morgan fingerprint density at radius 3 is 2.41 bits per heavy atom. The van der Waals surface area contributed by atoms with Crippen LogP contribution in [-0.2, 0) is 0 Å². The van der Waals surface area contributed by atoms with Gasteiger partial charge in [-0.1, -0.05) is 23.5 Å². The molecule has 0 aliphatic rings. The molecule has 0 amide bonds. The predicted octanol–water partition coefficient (Wildman–Crippen LogP) is 3.82. The third-order valence-electron chi connectivity index (χ3n) is 2.65. The first kappa shape index (κ1) is 14.4. The number of hydrogen-bond donors (Lipinski definition) is 1. The van der Waals surface area contributed by atoms with Crippen LogP contribution >= 0.6 is 11.3 Å². The van der Waals surface area contributed by atoms with E-state index in [-0.39, 0.29) is 16.6 Å². The van der Waals surface area contributed by atoms with Crippen molar-refractivity contribution in [2.24, 2.45) is 0 Å². The van der Waals surface area contributed by atoms with Crippen LogP contribution in [0.5, 0.6) is 0 Å². The minimum atomic E-state index is -2.66. The van der Waals surface area contributed by atoms with E-state index in [1.807, 2.05) is 0 Å². The van der Waals surface area contributed by atoms with Gasteiger partial charge in [0.2, 0.25) is 5.95 Å². The van der Waals surface area contributed by atoms with Crippen molar-refractivity contribution in [1.29, 1.82) is 0 Å². The monoisotopic (exact) mass is 323 g/mol. The number of alkyl halides is 2. The minimum absolute atomic E-state index is 0.187. The Labute approximate surface area is 126 Å². The quantitative estimate of drug-likeness (QED) is 0.791. The predicted molar refractivity (Wildman–Crippen MR) is 75.6 cm³/mol. The molecule has 0 atom stereocenters. The summed E-state index contributed by atoms with van der Waals surface area (Å²) in [6.07, 6.45) is 0.159. The lowest BCUT2D eigenvalue weighted by Crippen LogP contribution is -1.98. The summed E-state index contributed by atoms with van der Waals surface area (Å²) in [7, 11) is 0. The summed E-state index contributed by atoms with van der Waals surface area (Å²) in [6, 6.07) is 6.10. The summed E-state index contributed by atoms with van der Waals surface area (Å²) in [5, 5.41) is 9.72. The number of para-hydroxylation sites is 1. The Kier molecular flexibility index (Phi) is 3.96. The molecule has 0 radical (unpaired) electrons. The summed E-state index contributed by atoms with van der Waals surface area (Å²) in [5.41, 5.74) is 0.703. The highest BCUT2D eigenvalue weighted by Gasteiger charge is 2.15. The van der Waals surface area contributed by atoms with Gasteiger partial charge in [0.05, 0.1) is 5.69 Å². The smallest absolute Gasteiger partial charge is 0.291 e. The molecule has 0 aliphatic heterocycles. The Morgan fingerprint density at radius 2 is 1.77 bits per heavy atom. The third-order valence-corrected chi connectivity index (χ3v) is 3.63. The van der Waals surface area contributed by atoms with Crippen molar-refractivity contribution in [2.45, 2.75) is 6.43 Å². The van der Waals surface area contributed by atoms with Crippen molar-refractivity contribution in [3.8, 4) is 10.6 Å². The van der Waals surface area contributed by atoms with E-state index in [1.165, 1.54) is 18.5 Å². The lowest BCUT2D eigenvalue weighted by molar-refractivity contribution is 0.150. The minimum Gasteiger partial charge on any atom is -0.322 e. The largest absolute Gasteiger partial charge is 0.322 e. The molecule has 1 N–H and O–H groups in total. The van der Waals surface area contributed by atoms with Gasteiger partial charge >= 0.3 is 0 Å². The second-order valence-electron chi connectivity index (χ2n) is 4.15. The Hall–Kier alpha value is -2.55. The van der Waals surface area contributed by atoms with Crippen LogP contribution in [0, 0.1) is 5.82 Å². The van der Waals surface area contributed by atoms with Gasteiger partial charge in [-0.15, -0.1) is 10.2 Å². The average molecular weight is 323 g/mol. The van der Waals surface area contributed by atoms with E-state index in [0.29, 0.717) is 10.6 Å². The van der Waals surface area contributed by atoms with Crippen molar-refractivity contribution in [3.63, 3.8) is 0 Å². The van der Waals surface area contributed by atoms with E-state index < -0.39 is 12.2 Å². The first-order valence-electron chi connectivity index (χ1n) is 6.09. The number of halogens is 3. The molecule has 1 aromatic carbocycles. The zero-order chi connectivity index (χ0) is 15.5. The van der Waals surface area contributed by atoms with E-state index >= 15 is 0 Å². The van der Waals surface area contributed by atoms with E-state index in [9.17, 15) is 13.2 Å². The normalized spacial score (nSPS) is 10.9. The maximum atomic E-state index is 13.5. The van der Waals surface area contributed by atoms with E-state index in [1.54, 1.807) is 18.2 Å². The number of rotatable bonds is 4. The summed E-state index contributed by atoms with van der Waals surface area (Å²) in [4.78, 5) is 8.02. The molecule has 0 fully saturated rings. The Balaban J connectivity index is 1.79. The fraction of sp³-hybridized carbons (Fsp3) is 0.0769. The van der Waals surface area contributed by atoms with Gasteiger partial charge in [-0.05, 0) is 12.1 Å². The molecule has 0 spiro atoms. The molecular weight excluding hydrogens is 315 g/mol. The fourth-order valence-electron chi connectivity index (χ4n) is 1.63. The molecule has 0 saturated heterocycles. The Bertz CT molecular complexity index is 775. The molecule has 5 nitrogen and oxygen atoms in total. The molecule has 9 heteroatoms. The molecule has 0 aliphatic carbocycles. The first-order valence-corrected chi connectivity index (χ1v) is 6.90. The zero-order valence-electron chi connectivity index (χ0n) is 10.9. The van der Waals surface area contributed by atoms with Crippen LogP contribution in [0.25, 0.3) is 10.6 Å². The molecule has 2 heterocycles. The lowest BCUT2D eigenvalue weighted by Gasteiger charge is -2.05. The van der Waals surface area contributed by atoms with Crippen molar-refractivity contribution >= 4 is 23.0 Å². The highest BCUT2D eigenvalue weighted by molar-refractivity contribution is 7.14. The van der Waals surface area contributed by atoms with Gasteiger partial charge in [0, 0.05) is 18.0 Å². The first-order chi connectivity index (χ1) is 10.6. The van der Waals surface area contributed by atoms with Gasteiger partial charge in [0.25, 0.3) is 6.43 Å². The molecule has 0 unspecified atom stereocenters. The maximum Gasteiger partial charge on any atom is 0.291 e. The standard InChI is InChI=1S/C13H8F3N5S/c14-8-3-1-2-4-9(8)19-13-17-5-7(6-18-13)11-20-21-12(22-11)10(15)16/h1-6,10H,(H,17,18,19). The fourth-order valence-corrected chi connectivity index (χ4v) is 2.30. The van der Waals surface area contributed by atoms with Crippen molar-refractivity contribution in [2.75, 3.05) is 5.32 Å². The van der Waals surface area contributed by atoms with Crippen LogP contribution in [0.3, 0.4) is 0 Å². The van der Waals surface area contributed by atoms with Crippen LogP contribution in [-0.4, -0.2) is 20.2 Å². The molecule has 22 heavy (non-hydrogen) atoms. The van der Waals surface area contributed by atoms with Gasteiger partial charge < -0.3 is 5.32 Å². The van der Waals surface area contributed by atoms with Crippen LogP contribution in [0.4, 0.5) is 24.8 Å². The number of anilines is 2. The molecule has 112 valence electrons. The summed E-state index contributed by atoms with van der Waals surface area (Å²) in [5.74, 6) is -0.242. The molecule has 3 rings (SSSR count). The van der Waals surface area contributed by atoms with Gasteiger partial charge in [0.15, 0.2) is 10.0 Å². The van der Waals surface area contributed by atoms with Crippen LogP contribution in [0.1, 0.15) is 11.4 Å². The average Bonchev–Trinajstić information content (AvgIpc) is 3.00. The van der Waals surface area contributed by atoms with Crippen LogP contribution in [0.2, 0.25) is 0 Å². The van der Waals surface area contributed by atoms with Gasteiger partial charge in [-0.2, -0.15) is 0 Å². The summed E-state index contributed by atoms with van der Waals surface area (Å²) < 4.78 is 38.4. The zero-order valence-corrected chi connectivity index (χ0v) is 11.7. The highest BCUT2D eigenvalue weighted by Crippen LogP contribution is 2.28. The highest BCUT2D eigenvalue weighted by atomic mass is 32.1. The van der Waals surface area contributed by atoms with Crippen LogP contribution < -0.4 is 5.32 Å². The maximum absolute atomic E-state index is 13.5. The SMILES string of the molecule is Fc1ccccc1Nc1ncc(-c2nnc(C(F)F)s2)cn1. The van der Waals surface area contributed by atoms with Crippen molar-refractivity contribution in [3.05, 3.63) is 47.5 Å². The number of nitrogens with one attached hydrogen (secondary N) is 1. The summed E-state index contributed by atoms with van der Waals surface area (Å²) >= 11 is 0.774.